The van der Waals surface area contributed by atoms with Crippen LogP contribution in [-0.2, 0) is 28.4 Å². The van der Waals surface area contributed by atoms with Crippen molar-refractivity contribution in [3.05, 3.63) is 62.5 Å². The van der Waals surface area contributed by atoms with Gasteiger partial charge in [0.2, 0.25) is 0 Å². The molecule has 14 heteroatoms. The minimum absolute atomic E-state index is 0.0300. The number of non-ortho nitro benzene ring substituents is 1. The van der Waals surface area contributed by atoms with Crippen molar-refractivity contribution in [2.24, 2.45) is 0 Å². The van der Waals surface area contributed by atoms with Crippen molar-refractivity contribution in [2.45, 2.75) is 39.7 Å². The fourth-order valence-corrected chi connectivity index (χ4v) is 3.26. The van der Waals surface area contributed by atoms with Gasteiger partial charge in [-0.15, -0.1) is 0 Å². The number of carbonyl (C=O) groups excluding carboxylic acids is 2. The minimum atomic E-state index is -4.64. The van der Waals surface area contributed by atoms with Gasteiger partial charge < -0.3 is 34.2 Å². The van der Waals surface area contributed by atoms with E-state index in [4.69, 9.17) is 33.5 Å². The van der Waals surface area contributed by atoms with E-state index >= 15 is 0 Å². The van der Waals surface area contributed by atoms with Crippen molar-refractivity contribution in [1.82, 2.24) is 5.32 Å². The highest BCUT2D eigenvalue weighted by molar-refractivity contribution is 7.45. The molecule has 0 aliphatic carbocycles. The monoisotopic (exact) mass is 516 g/mol. The molecule has 1 heterocycles. The third kappa shape index (κ3) is 9.59. The Labute approximate surface area is 201 Å². The molecule has 1 aromatic rings. The Bertz CT molecular complexity index is 1050. The quantitative estimate of drug-likeness (QED) is 0.129. The number of nitrogens with zero attached hydrogens (tertiary/aromatic N) is 1. The largest absolute Gasteiger partial charge is 0.466 e. The topological polar surface area (TPSA) is 195 Å². The summed E-state index contributed by atoms with van der Waals surface area (Å²) in [6.07, 6.45) is -0.382. The molecule has 13 nitrogen and oxygen atoms in total. The van der Waals surface area contributed by atoms with Crippen LogP contribution in [0.15, 0.2) is 46.8 Å². The van der Waals surface area contributed by atoms with Gasteiger partial charge in [0, 0.05) is 30.6 Å². The Balaban J connectivity index is 0.00000111. The van der Waals surface area contributed by atoms with Crippen molar-refractivity contribution in [3.8, 4) is 0 Å². The average molecular weight is 516 g/mol. The van der Waals surface area contributed by atoms with Crippen molar-refractivity contribution in [1.29, 1.82) is 0 Å². The maximum atomic E-state index is 12.9. The predicted molar refractivity (Wildman–Crippen MR) is 123 cm³/mol. The lowest BCUT2D eigenvalue weighted by molar-refractivity contribution is -0.384. The lowest BCUT2D eigenvalue weighted by Crippen LogP contribution is -2.33. The summed E-state index contributed by atoms with van der Waals surface area (Å²) in [4.78, 5) is 58.1. The maximum Gasteiger partial charge on any atom is 0.466 e. The van der Waals surface area contributed by atoms with Crippen LogP contribution in [0.1, 0.15) is 39.2 Å². The van der Waals surface area contributed by atoms with E-state index in [1.807, 2.05) is 0 Å². The van der Waals surface area contributed by atoms with E-state index in [2.05, 4.69) is 5.32 Å². The Morgan fingerprint density at radius 3 is 2.14 bits per heavy atom. The number of ether oxygens (including phenoxy) is 3. The molecule has 0 bridgehead atoms. The van der Waals surface area contributed by atoms with Crippen molar-refractivity contribution < 1.29 is 48.0 Å². The van der Waals surface area contributed by atoms with Crippen LogP contribution >= 0.6 is 7.82 Å². The summed E-state index contributed by atoms with van der Waals surface area (Å²) >= 11 is 0. The summed E-state index contributed by atoms with van der Waals surface area (Å²) in [6, 6.07) is 5.84. The molecular formula is C21H29N2O11P. The summed E-state index contributed by atoms with van der Waals surface area (Å²) in [6.45, 7) is 7.05. The van der Waals surface area contributed by atoms with Gasteiger partial charge in [0.05, 0.1) is 34.7 Å². The summed E-state index contributed by atoms with van der Waals surface area (Å²) in [7, 11) is -3.15. The second-order valence-corrected chi connectivity index (χ2v) is 8.61. The van der Waals surface area contributed by atoms with Crippen LogP contribution in [0.2, 0.25) is 0 Å². The molecule has 0 fully saturated rings. The van der Waals surface area contributed by atoms with E-state index in [0.717, 1.165) is 0 Å². The van der Waals surface area contributed by atoms with E-state index in [-0.39, 0.29) is 36.2 Å². The molecule has 1 atom stereocenters. The van der Waals surface area contributed by atoms with E-state index in [1.54, 1.807) is 33.8 Å². The Hall–Kier alpha value is -3.09. The lowest BCUT2D eigenvalue weighted by Gasteiger charge is -2.30. The van der Waals surface area contributed by atoms with Crippen LogP contribution in [0.4, 0.5) is 5.69 Å². The van der Waals surface area contributed by atoms with Gasteiger partial charge in [-0.25, -0.2) is 14.2 Å². The number of hydrogen-bond acceptors (Lipinski definition) is 9. The summed E-state index contributed by atoms with van der Waals surface area (Å²) < 4.78 is 24.5. The standard InChI is InChI=1S/C21H26N2O7.H3O4P/c1-12(2)30-21(25)18-14(4)22-13(3)17(20(24)29-10-9-28-5)19(18)15-7-6-8-16(11-15)23(26)27;1-5(2,3)4/h6-8,11-12,19,22H,9-10H2,1-5H3;(H3,1,2,3,4). The summed E-state index contributed by atoms with van der Waals surface area (Å²) in [5.74, 6) is -2.13. The van der Waals surface area contributed by atoms with Crippen molar-refractivity contribution in [3.63, 3.8) is 0 Å². The van der Waals surface area contributed by atoms with E-state index in [1.165, 1.54) is 25.3 Å². The van der Waals surface area contributed by atoms with Crippen LogP contribution in [-0.4, -0.2) is 58.0 Å². The molecule has 0 spiro atoms. The van der Waals surface area contributed by atoms with Gasteiger partial charge >= 0.3 is 19.8 Å². The predicted octanol–water partition coefficient (Wildman–Crippen LogP) is 2.04. The molecule has 1 aliphatic heterocycles. The fraction of sp³-hybridized carbons (Fsp3) is 0.429. The molecule has 0 amide bonds. The Morgan fingerprint density at radius 2 is 1.66 bits per heavy atom. The molecule has 194 valence electrons. The molecule has 35 heavy (non-hydrogen) atoms. The van der Waals surface area contributed by atoms with Gasteiger partial charge in [0.15, 0.2) is 0 Å². The first-order valence-corrected chi connectivity index (χ1v) is 11.8. The minimum Gasteiger partial charge on any atom is -0.460 e. The molecular weight excluding hydrogens is 487 g/mol. The maximum absolute atomic E-state index is 12.9. The number of nitrogens with one attached hydrogen (secondary N) is 1. The van der Waals surface area contributed by atoms with Crippen molar-refractivity contribution >= 4 is 25.4 Å². The Kier molecular flexibility index (Phi) is 11.2. The molecule has 1 aromatic carbocycles. The number of nitro benzene ring substituents is 1. The first kappa shape index (κ1) is 29.9. The van der Waals surface area contributed by atoms with Crippen LogP contribution in [0, 0.1) is 10.1 Å². The third-order valence-electron chi connectivity index (χ3n) is 4.48. The van der Waals surface area contributed by atoms with Crippen molar-refractivity contribution in [2.75, 3.05) is 20.3 Å². The van der Waals surface area contributed by atoms with Crippen LogP contribution in [0.5, 0.6) is 0 Å². The van der Waals surface area contributed by atoms with Gasteiger partial charge in [-0.2, -0.15) is 0 Å². The number of benzene rings is 1. The highest BCUT2D eigenvalue weighted by atomic mass is 31.2. The zero-order chi connectivity index (χ0) is 26.9. The van der Waals surface area contributed by atoms with Crippen LogP contribution < -0.4 is 5.32 Å². The molecule has 2 rings (SSSR count). The van der Waals surface area contributed by atoms with Gasteiger partial charge in [0.1, 0.15) is 6.61 Å². The number of nitro groups is 1. The average Bonchev–Trinajstić information content (AvgIpc) is 2.71. The summed E-state index contributed by atoms with van der Waals surface area (Å²) in [5.41, 5.74) is 1.65. The van der Waals surface area contributed by atoms with Gasteiger partial charge in [-0.05, 0) is 33.3 Å². The summed E-state index contributed by atoms with van der Waals surface area (Å²) in [5, 5.41) is 14.3. The highest BCUT2D eigenvalue weighted by Crippen LogP contribution is 2.40. The number of esters is 2. The first-order chi connectivity index (χ1) is 16.2. The molecule has 1 aliphatic rings. The number of dihydropyridines is 1. The number of phosphoric acid groups is 1. The second-order valence-electron chi connectivity index (χ2n) is 7.58. The molecule has 4 N–H and O–H groups in total. The number of carbonyl (C=O) groups is 2. The molecule has 0 aromatic heterocycles. The molecule has 0 radical (unpaired) electrons. The van der Waals surface area contributed by atoms with E-state index in [0.29, 0.717) is 17.0 Å². The number of allylic oxidation sites excluding steroid dienone is 2. The second kappa shape index (κ2) is 13.1. The first-order valence-electron chi connectivity index (χ1n) is 10.3. The van der Waals surface area contributed by atoms with Gasteiger partial charge in [-0.1, -0.05) is 12.1 Å². The zero-order valence-electron chi connectivity index (χ0n) is 19.9. The lowest BCUT2D eigenvalue weighted by atomic mass is 9.80. The molecule has 1 unspecified atom stereocenters. The normalized spacial score (nSPS) is 15.7. The van der Waals surface area contributed by atoms with Gasteiger partial charge in [0.25, 0.3) is 5.69 Å². The zero-order valence-corrected chi connectivity index (χ0v) is 20.8. The van der Waals surface area contributed by atoms with Gasteiger partial charge in [-0.3, -0.25) is 10.1 Å². The molecule has 0 saturated heterocycles. The number of rotatable bonds is 8. The smallest absolute Gasteiger partial charge is 0.460 e. The SMILES string of the molecule is COCCOC(=O)C1=C(C)NC(C)=C(C(=O)OC(C)C)C1c1cccc([N+](=O)[O-])c1.O=P(O)(O)O. The van der Waals surface area contributed by atoms with E-state index in [9.17, 15) is 19.7 Å². The van der Waals surface area contributed by atoms with Crippen LogP contribution in [0.25, 0.3) is 0 Å². The number of hydrogen-bond donors (Lipinski definition) is 4. The molecule has 0 saturated carbocycles. The van der Waals surface area contributed by atoms with Crippen LogP contribution in [0.3, 0.4) is 0 Å². The third-order valence-corrected chi connectivity index (χ3v) is 4.48. The highest BCUT2D eigenvalue weighted by Gasteiger charge is 2.38. The van der Waals surface area contributed by atoms with E-state index < -0.39 is 30.6 Å². The number of methoxy groups -OCH3 is 1. The Morgan fingerprint density at radius 1 is 1.11 bits per heavy atom. The fourth-order valence-electron chi connectivity index (χ4n) is 3.26.